The largest absolute Gasteiger partial charge is 0.497 e. The lowest BCUT2D eigenvalue weighted by Gasteiger charge is -2.60. The first-order valence-corrected chi connectivity index (χ1v) is 14.4. The fraction of sp³-hybridized carbons (Fsp3) is 0.733. The van der Waals surface area contributed by atoms with Crippen LogP contribution < -0.4 is 15.4 Å². The number of methoxy groups -OCH3 is 1. The third-order valence-electron chi connectivity index (χ3n) is 9.91. The number of hydrogen-bond donors (Lipinski definition) is 4. The van der Waals surface area contributed by atoms with Crippen molar-refractivity contribution < 1.29 is 29.3 Å². The zero-order valence-corrected chi connectivity index (χ0v) is 23.2. The molecule has 0 bridgehead atoms. The Bertz CT molecular complexity index is 949. The molecule has 1 aromatic rings. The van der Waals surface area contributed by atoms with Crippen LogP contribution in [0.2, 0.25) is 0 Å². The number of aliphatic hydroxyl groups is 2. The average molecular weight is 531 g/mol. The highest BCUT2D eigenvalue weighted by Crippen LogP contribution is 2.61. The van der Waals surface area contributed by atoms with Gasteiger partial charge < -0.3 is 30.3 Å². The molecule has 1 unspecified atom stereocenters. The minimum absolute atomic E-state index is 0.0176. The third kappa shape index (κ3) is 6.12. The molecule has 0 aliphatic heterocycles. The van der Waals surface area contributed by atoms with E-state index in [1.54, 1.807) is 7.11 Å². The molecule has 0 heterocycles. The van der Waals surface area contributed by atoms with Gasteiger partial charge in [0.25, 0.3) is 0 Å². The van der Waals surface area contributed by atoms with E-state index in [2.05, 4.69) is 17.6 Å². The van der Waals surface area contributed by atoms with Gasteiger partial charge in [-0.15, -0.1) is 0 Å². The minimum Gasteiger partial charge on any atom is -0.497 e. The Morgan fingerprint density at radius 3 is 2.39 bits per heavy atom. The van der Waals surface area contributed by atoms with Crippen molar-refractivity contribution in [1.29, 1.82) is 0 Å². The molecule has 3 saturated carbocycles. The van der Waals surface area contributed by atoms with E-state index in [0.717, 1.165) is 49.8 Å². The molecule has 3 aliphatic rings. The number of rotatable bonds is 8. The first-order chi connectivity index (χ1) is 18.2. The molecule has 6 atom stereocenters. The Morgan fingerprint density at radius 2 is 1.74 bits per heavy atom. The van der Waals surface area contributed by atoms with Gasteiger partial charge in [0.05, 0.1) is 19.8 Å². The Kier molecular flexibility index (Phi) is 9.24. The van der Waals surface area contributed by atoms with E-state index in [1.807, 2.05) is 31.2 Å². The maximum Gasteiger partial charge on any atom is 0.407 e. The number of alkyl carbamates (subject to hydrolysis) is 1. The first kappa shape index (κ1) is 28.7. The van der Waals surface area contributed by atoms with Crippen LogP contribution in [0, 0.1) is 22.7 Å². The number of carbonyl (C=O) groups excluding carboxylic acids is 2. The van der Waals surface area contributed by atoms with E-state index in [0.29, 0.717) is 19.4 Å². The molecule has 1 aromatic carbocycles. The van der Waals surface area contributed by atoms with Gasteiger partial charge in [0, 0.05) is 24.4 Å². The molecule has 2 amide bonds. The summed E-state index contributed by atoms with van der Waals surface area (Å²) >= 11 is 0. The second kappa shape index (κ2) is 12.2. The SMILES string of the molecule is COc1ccc(CNC(=O)C[C@@H]2[C@H](O)CCC3[C@](C)(CO)[C@H](OC(=O)NC4CCCCC4)CC[C@]32C)cc1. The minimum atomic E-state index is -0.644. The smallest absolute Gasteiger partial charge is 0.407 e. The Balaban J connectivity index is 1.40. The first-order valence-electron chi connectivity index (χ1n) is 14.4. The summed E-state index contributed by atoms with van der Waals surface area (Å²) in [5.74, 6) is 0.453. The lowest BCUT2D eigenvalue weighted by Crippen LogP contribution is -2.61. The van der Waals surface area contributed by atoms with Crippen LogP contribution in [-0.2, 0) is 16.1 Å². The summed E-state index contributed by atoms with van der Waals surface area (Å²) in [4.78, 5) is 25.8. The summed E-state index contributed by atoms with van der Waals surface area (Å²) in [6.45, 7) is 4.45. The Morgan fingerprint density at radius 1 is 1.03 bits per heavy atom. The van der Waals surface area contributed by atoms with Crippen molar-refractivity contribution in [2.45, 2.75) is 103 Å². The van der Waals surface area contributed by atoms with E-state index in [1.165, 1.54) is 6.42 Å². The van der Waals surface area contributed by atoms with Crippen molar-refractivity contribution in [1.82, 2.24) is 10.6 Å². The summed E-state index contributed by atoms with van der Waals surface area (Å²) in [6, 6.07) is 7.73. The molecule has 8 heteroatoms. The molecule has 0 spiro atoms. The molecular formula is C30H46N2O6. The molecule has 4 rings (SSSR count). The van der Waals surface area contributed by atoms with Crippen LogP contribution in [0.25, 0.3) is 0 Å². The van der Waals surface area contributed by atoms with Crippen LogP contribution in [0.4, 0.5) is 4.79 Å². The van der Waals surface area contributed by atoms with Crippen molar-refractivity contribution in [2.24, 2.45) is 22.7 Å². The predicted molar refractivity (Wildman–Crippen MR) is 144 cm³/mol. The van der Waals surface area contributed by atoms with Crippen LogP contribution in [0.1, 0.15) is 83.6 Å². The molecule has 212 valence electrons. The number of carbonyl (C=O) groups is 2. The normalized spacial score (nSPS) is 33.6. The highest BCUT2D eigenvalue weighted by Gasteiger charge is 2.60. The molecule has 0 saturated heterocycles. The molecule has 0 radical (unpaired) electrons. The van der Waals surface area contributed by atoms with E-state index in [-0.39, 0.29) is 42.2 Å². The van der Waals surface area contributed by atoms with Gasteiger partial charge in [0.1, 0.15) is 11.9 Å². The van der Waals surface area contributed by atoms with Crippen molar-refractivity contribution >= 4 is 12.0 Å². The van der Waals surface area contributed by atoms with Crippen LogP contribution >= 0.6 is 0 Å². The number of nitrogens with one attached hydrogen (secondary N) is 2. The fourth-order valence-electron chi connectivity index (χ4n) is 7.57. The van der Waals surface area contributed by atoms with E-state index < -0.39 is 23.7 Å². The lowest BCUT2D eigenvalue weighted by molar-refractivity contribution is -0.186. The maximum absolute atomic E-state index is 13.0. The van der Waals surface area contributed by atoms with Crippen LogP contribution in [0.3, 0.4) is 0 Å². The number of fused-ring (bicyclic) bond motifs is 1. The van der Waals surface area contributed by atoms with Crippen molar-refractivity contribution in [3.05, 3.63) is 29.8 Å². The van der Waals surface area contributed by atoms with E-state index >= 15 is 0 Å². The predicted octanol–water partition coefficient (Wildman–Crippen LogP) is 4.31. The zero-order chi connectivity index (χ0) is 27.3. The standard InChI is InChI=1S/C30H46N2O6/c1-29-16-15-26(38-28(36)32-21-7-5-4-6-8-21)30(2,19-33)25(29)14-13-24(34)23(29)17-27(35)31-18-20-9-11-22(37-3)12-10-20/h9-12,21,23-26,33-34H,4-8,13-19H2,1-3H3,(H,31,35)(H,32,36)/t23-,24-,25?,26-,29+,30+/m1/s1. The zero-order valence-electron chi connectivity index (χ0n) is 23.2. The molecule has 8 nitrogen and oxygen atoms in total. The molecular weight excluding hydrogens is 484 g/mol. The van der Waals surface area contributed by atoms with Crippen molar-refractivity contribution in [3.8, 4) is 5.75 Å². The van der Waals surface area contributed by atoms with Crippen molar-refractivity contribution in [3.63, 3.8) is 0 Å². The second-order valence-corrected chi connectivity index (χ2v) is 12.2. The van der Waals surface area contributed by atoms with Gasteiger partial charge in [-0.25, -0.2) is 4.79 Å². The third-order valence-corrected chi connectivity index (χ3v) is 9.91. The number of benzene rings is 1. The number of amides is 2. The summed E-state index contributed by atoms with van der Waals surface area (Å²) in [5, 5.41) is 27.7. The van der Waals surface area contributed by atoms with E-state index in [4.69, 9.17) is 9.47 Å². The molecule has 38 heavy (non-hydrogen) atoms. The monoisotopic (exact) mass is 530 g/mol. The maximum atomic E-state index is 13.0. The van der Waals surface area contributed by atoms with Crippen LogP contribution in [-0.4, -0.2) is 54.2 Å². The topological polar surface area (TPSA) is 117 Å². The quantitative estimate of drug-likeness (QED) is 0.398. The van der Waals surface area contributed by atoms with Crippen LogP contribution in [0.5, 0.6) is 5.75 Å². The average Bonchev–Trinajstić information content (AvgIpc) is 2.92. The van der Waals surface area contributed by atoms with Crippen molar-refractivity contribution in [2.75, 3.05) is 13.7 Å². The summed E-state index contributed by atoms with van der Waals surface area (Å²) in [6.07, 6.45) is 6.88. The second-order valence-electron chi connectivity index (χ2n) is 12.2. The van der Waals surface area contributed by atoms with Gasteiger partial charge in [0.15, 0.2) is 0 Å². The fourth-order valence-corrected chi connectivity index (χ4v) is 7.57. The van der Waals surface area contributed by atoms with Gasteiger partial charge in [-0.3, -0.25) is 4.79 Å². The Labute approximate surface area is 226 Å². The lowest BCUT2D eigenvalue weighted by atomic mass is 9.46. The number of aliphatic hydroxyl groups excluding tert-OH is 2. The summed E-state index contributed by atoms with van der Waals surface area (Å²) in [7, 11) is 1.62. The summed E-state index contributed by atoms with van der Waals surface area (Å²) in [5.41, 5.74) is -0.0225. The highest BCUT2D eigenvalue weighted by atomic mass is 16.6. The van der Waals surface area contributed by atoms with E-state index in [9.17, 15) is 19.8 Å². The van der Waals surface area contributed by atoms with Crippen LogP contribution in [0.15, 0.2) is 24.3 Å². The van der Waals surface area contributed by atoms with Gasteiger partial charge in [-0.05, 0) is 73.5 Å². The Hall–Kier alpha value is -2.32. The molecule has 0 aromatic heterocycles. The molecule has 3 fully saturated rings. The molecule has 3 aliphatic carbocycles. The van der Waals surface area contributed by atoms with Gasteiger partial charge in [0.2, 0.25) is 5.91 Å². The number of ether oxygens (including phenoxy) is 2. The highest BCUT2D eigenvalue weighted by molar-refractivity contribution is 5.76. The number of hydrogen-bond acceptors (Lipinski definition) is 6. The van der Waals surface area contributed by atoms with Gasteiger partial charge >= 0.3 is 6.09 Å². The van der Waals surface area contributed by atoms with Gasteiger partial charge in [-0.2, -0.15) is 0 Å². The van der Waals surface area contributed by atoms with Gasteiger partial charge in [-0.1, -0.05) is 45.2 Å². The summed E-state index contributed by atoms with van der Waals surface area (Å²) < 4.78 is 11.2. The molecule has 4 N–H and O–H groups in total.